The summed E-state index contributed by atoms with van der Waals surface area (Å²) >= 11 is 0. The number of ether oxygens (including phenoxy) is 1. The summed E-state index contributed by atoms with van der Waals surface area (Å²) in [6.07, 6.45) is 2.05. The predicted molar refractivity (Wildman–Crippen MR) is 62.1 cm³/mol. The molecule has 1 fully saturated rings. The molecule has 2 unspecified atom stereocenters. The Bertz CT molecular complexity index is 301. The molecule has 0 bridgehead atoms. The van der Waals surface area contributed by atoms with Gasteiger partial charge in [0.2, 0.25) is 0 Å². The maximum Gasteiger partial charge on any atom is 0.0852 e. The molecule has 0 aromatic carbocycles. The number of rotatable bonds is 4. The van der Waals surface area contributed by atoms with E-state index >= 15 is 0 Å². The summed E-state index contributed by atoms with van der Waals surface area (Å²) in [6, 6.07) is 2.33. The van der Waals surface area contributed by atoms with Gasteiger partial charge in [-0.05, 0) is 20.0 Å². The third-order valence-corrected chi connectivity index (χ3v) is 3.03. The van der Waals surface area contributed by atoms with Gasteiger partial charge in [-0.15, -0.1) is 0 Å². The monoisotopic (exact) mass is 224 g/mol. The molecule has 16 heavy (non-hydrogen) atoms. The molecular weight excluding hydrogens is 204 g/mol. The normalized spacial score (nSPS) is 24.5. The van der Waals surface area contributed by atoms with Gasteiger partial charge in [-0.25, -0.2) is 0 Å². The van der Waals surface area contributed by atoms with Gasteiger partial charge in [0.15, 0.2) is 0 Å². The van der Waals surface area contributed by atoms with Gasteiger partial charge < -0.3 is 15.0 Å². The van der Waals surface area contributed by atoms with Crippen molar-refractivity contribution in [3.05, 3.63) is 18.0 Å². The van der Waals surface area contributed by atoms with Gasteiger partial charge in [-0.1, -0.05) is 0 Å². The van der Waals surface area contributed by atoms with E-state index in [4.69, 9.17) is 4.74 Å². The quantitative estimate of drug-likeness (QED) is 0.768. The van der Waals surface area contributed by atoms with Crippen LogP contribution in [0.15, 0.2) is 12.3 Å². The van der Waals surface area contributed by atoms with Crippen molar-refractivity contribution in [3.8, 4) is 0 Å². The van der Waals surface area contributed by atoms with Crippen LogP contribution < -0.4 is 5.32 Å². The van der Waals surface area contributed by atoms with E-state index in [2.05, 4.69) is 34.4 Å². The summed E-state index contributed by atoms with van der Waals surface area (Å²) in [6.45, 7) is 5.84. The highest BCUT2D eigenvalue weighted by atomic mass is 16.5. The average Bonchev–Trinajstić information content (AvgIpc) is 2.78. The first kappa shape index (κ1) is 11.6. The van der Waals surface area contributed by atoms with Crippen molar-refractivity contribution in [1.29, 1.82) is 0 Å². The van der Waals surface area contributed by atoms with Crippen LogP contribution in [0, 0.1) is 0 Å². The van der Waals surface area contributed by atoms with E-state index in [1.54, 1.807) is 6.20 Å². The van der Waals surface area contributed by atoms with Gasteiger partial charge >= 0.3 is 0 Å². The number of aromatic nitrogens is 2. The Labute approximate surface area is 96.2 Å². The first-order valence-corrected chi connectivity index (χ1v) is 5.77. The molecule has 5 nitrogen and oxygen atoms in total. The summed E-state index contributed by atoms with van der Waals surface area (Å²) < 4.78 is 5.75. The van der Waals surface area contributed by atoms with E-state index in [0.29, 0.717) is 6.04 Å². The lowest BCUT2D eigenvalue weighted by molar-refractivity contribution is -0.0356. The first-order chi connectivity index (χ1) is 7.75. The number of nitrogens with zero attached hydrogens (tertiary/aromatic N) is 2. The average molecular weight is 224 g/mol. The van der Waals surface area contributed by atoms with Gasteiger partial charge in [0, 0.05) is 37.6 Å². The molecule has 1 saturated heterocycles. The zero-order chi connectivity index (χ0) is 11.4. The fraction of sp³-hybridized carbons (Fsp3) is 0.727. The highest BCUT2D eigenvalue weighted by Crippen LogP contribution is 2.07. The van der Waals surface area contributed by atoms with Gasteiger partial charge in [-0.3, -0.25) is 5.10 Å². The Hall–Kier alpha value is -0.910. The van der Waals surface area contributed by atoms with Crippen molar-refractivity contribution < 1.29 is 4.74 Å². The molecule has 0 amide bonds. The molecule has 2 rings (SSSR count). The minimum atomic E-state index is 0.279. The summed E-state index contributed by atoms with van der Waals surface area (Å²) in [7, 11) is 2.14. The lowest BCUT2D eigenvalue weighted by Crippen LogP contribution is -2.49. The van der Waals surface area contributed by atoms with Crippen LogP contribution in [-0.2, 0) is 11.3 Å². The molecule has 1 aromatic heterocycles. The number of morpholine rings is 1. The molecule has 2 heterocycles. The van der Waals surface area contributed by atoms with Crippen LogP contribution in [0.1, 0.15) is 12.6 Å². The Morgan fingerprint density at radius 1 is 1.75 bits per heavy atom. The van der Waals surface area contributed by atoms with Gasteiger partial charge in [0.1, 0.15) is 0 Å². The smallest absolute Gasteiger partial charge is 0.0852 e. The van der Waals surface area contributed by atoms with Gasteiger partial charge in [-0.2, -0.15) is 5.10 Å². The Morgan fingerprint density at radius 3 is 3.31 bits per heavy atom. The van der Waals surface area contributed by atoms with E-state index in [-0.39, 0.29) is 6.10 Å². The minimum absolute atomic E-state index is 0.279. The van der Waals surface area contributed by atoms with Crippen molar-refractivity contribution in [2.75, 3.05) is 26.7 Å². The zero-order valence-electron chi connectivity index (χ0n) is 9.94. The van der Waals surface area contributed by atoms with Gasteiger partial charge in [0.25, 0.3) is 0 Å². The molecule has 2 atom stereocenters. The SMILES string of the molecule is CC(NCc1ccn[nH]1)C1CN(C)CCO1. The van der Waals surface area contributed by atoms with Crippen molar-refractivity contribution in [1.82, 2.24) is 20.4 Å². The van der Waals surface area contributed by atoms with Crippen LogP contribution in [0.25, 0.3) is 0 Å². The molecule has 0 radical (unpaired) electrons. The summed E-state index contributed by atoms with van der Waals surface area (Å²) in [5.41, 5.74) is 1.11. The summed E-state index contributed by atoms with van der Waals surface area (Å²) in [5, 5.41) is 10.3. The molecule has 1 aliphatic rings. The number of hydrogen-bond acceptors (Lipinski definition) is 4. The molecule has 0 saturated carbocycles. The Morgan fingerprint density at radius 2 is 2.62 bits per heavy atom. The van der Waals surface area contributed by atoms with Crippen molar-refractivity contribution >= 4 is 0 Å². The minimum Gasteiger partial charge on any atom is -0.374 e. The third-order valence-electron chi connectivity index (χ3n) is 3.03. The topological polar surface area (TPSA) is 53.2 Å². The lowest BCUT2D eigenvalue weighted by atomic mass is 10.1. The molecule has 5 heteroatoms. The highest BCUT2D eigenvalue weighted by molar-refractivity contribution is 4.97. The van der Waals surface area contributed by atoms with Crippen molar-refractivity contribution in [2.45, 2.75) is 25.6 Å². The second kappa shape index (κ2) is 5.43. The lowest BCUT2D eigenvalue weighted by Gasteiger charge is -2.34. The molecule has 2 N–H and O–H groups in total. The molecule has 1 aliphatic heterocycles. The number of nitrogens with one attached hydrogen (secondary N) is 2. The largest absolute Gasteiger partial charge is 0.374 e. The second-order valence-electron chi connectivity index (χ2n) is 4.42. The maximum absolute atomic E-state index is 5.75. The zero-order valence-corrected chi connectivity index (χ0v) is 9.94. The molecule has 90 valence electrons. The van der Waals surface area contributed by atoms with Crippen LogP contribution >= 0.6 is 0 Å². The summed E-state index contributed by atoms with van der Waals surface area (Å²) in [5.74, 6) is 0. The van der Waals surface area contributed by atoms with E-state index in [9.17, 15) is 0 Å². The van der Waals surface area contributed by atoms with E-state index < -0.39 is 0 Å². The molecule has 1 aromatic rings. The molecular formula is C11H20N4O. The fourth-order valence-electron chi connectivity index (χ4n) is 1.90. The highest BCUT2D eigenvalue weighted by Gasteiger charge is 2.23. The third kappa shape index (κ3) is 3.04. The maximum atomic E-state index is 5.75. The second-order valence-corrected chi connectivity index (χ2v) is 4.42. The standard InChI is InChI=1S/C11H20N4O/c1-9(11-8-15(2)5-6-16-11)12-7-10-3-4-13-14-10/h3-4,9,11-12H,5-8H2,1-2H3,(H,13,14). The Balaban J connectivity index is 1.76. The van der Waals surface area contributed by atoms with Crippen LogP contribution in [0.5, 0.6) is 0 Å². The van der Waals surface area contributed by atoms with Crippen molar-refractivity contribution in [3.63, 3.8) is 0 Å². The van der Waals surface area contributed by atoms with E-state index in [0.717, 1.165) is 31.9 Å². The number of hydrogen-bond donors (Lipinski definition) is 2. The van der Waals surface area contributed by atoms with Crippen LogP contribution in [0.4, 0.5) is 0 Å². The van der Waals surface area contributed by atoms with Crippen molar-refractivity contribution in [2.24, 2.45) is 0 Å². The summed E-state index contributed by atoms with van der Waals surface area (Å²) in [4.78, 5) is 2.31. The van der Waals surface area contributed by atoms with E-state index in [1.165, 1.54) is 0 Å². The Kier molecular flexibility index (Phi) is 3.93. The molecule has 0 aliphatic carbocycles. The predicted octanol–water partition coefficient (Wildman–Crippen LogP) is 0.218. The van der Waals surface area contributed by atoms with Gasteiger partial charge in [0.05, 0.1) is 12.7 Å². The number of aromatic amines is 1. The fourth-order valence-corrected chi connectivity index (χ4v) is 1.90. The first-order valence-electron chi connectivity index (χ1n) is 5.77. The molecule has 0 spiro atoms. The number of H-pyrrole nitrogens is 1. The van der Waals surface area contributed by atoms with Crippen LogP contribution in [-0.4, -0.2) is 54.0 Å². The number of likely N-dealkylation sites (N-methyl/N-ethyl adjacent to an activating group) is 1. The van der Waals surface area contributed by atoms with E-state index in [1.807, 2.05) is 6.07 Å². The van der Waals surface area contributed by atoms with Crippen LogP contribution in [0.3, 0.4) is 0 Å². The van der Waals surface area contributed by atoms with Crippen LogP contribution in [0.2, 0.25) is 0 Å².